The standard InChI is InChI=1S/C20H25N3O3S/c1-22(13-15-6-2-3-9-25-15)14-20(24)23-17(18-7-4-10-26-18)12-16(21-23)19-8-5-11-27-19/h4-5,7-8,10-11,15,17H,2-3,6,9,12-14H2,1H3. The summed E-state index contributed by atoms with van der Waals surface area (Å²) in [5, 5.41) is 8.29. The number of nitrogens with zero attached hydrogens (tertiary/aromatic N) is 3. The highest BCUT2D eigenvalue weighted by Gasteiger charge is 2.35. The van der Waals surface area contributed by atoms with Gasteiger partial charge in [-0.25, -0.2) is 5.01 Å². The van der Waals surface area contributed by atoms with Crippen LogP contribution in [0.2, 0.25) is 0 Å². The van der Waals surface area contributed by atoms with E-state index in [0.29, 0.717) is 13.0 Å². The van der Waals surface area contributed by atoms with Gasteiger partial charge in [0.05, 0.1) is 29.5 Å². The zero-order valence-corrected chi connectivity index (χ0v) is 16.4. The molecule has 2 aromatic heterocycles. The Morgan fingerprint density at radius 2 is 2.30 bits per heavy atom. The van der Waals surface area contributed by atoms with Gasteiger partial charge in [-0.2, -0.15) is 5.10 Å². The number of carbonyl (C=O) groups excluding carboxylic acids is 1. The van der Waals surface area contributed by atoms with Gasteiger partial charge >= 0.3 is 0 Å². The van der Waals surface area contributed by atoms with E-state index in [9.17, 15) is 4.79 Å². The van der Waals surface area contributed by atoms with Crippen LogP contribution < -0.4 is 0 Å². The number of thiophene rings is 1. The lowest BCUT2D eigenvalue weighted by Gasteiger charge is -2.28. The minimum absolute atomic E-state index is 0.0127. The van der Waals surface area contributed by atoms with E-state index in [-0.39, 0.29) is 18.1 Å². The predicted octanol–water partition coefficient (Wildman–Crippen LogP) is 3.52. The molecule has 2 aliphatic heterocycles. The van der Waals surface area contributed by atoms with E-state index >= 15 is 0 Å². The quantitative estimate of drug-likeness (QED) is 0.761. The van der Waals surface area contributed by atoms with E-state index in [0.717, 1.165) is 42.3 Å². The van der Waals surface area contributed by atoms with Crippen LogP contribution in [0.5, 0.6) is 0 Å². The Bertz CT molecular complexity index is 767. The van der Waals surface area contributed by atoms with Crippen molar-refractivity contribution < 1.29 is 13.9 Å². The van der Waals surface area contributed by atoms with Crippen LogP contribution in [-0.2, 0) is 9.53 Å². The summed E-state index contributed by atoms with van der Waals surface area (Å²) in [6.07, 6.45) is 5.95. The van der Waals surface area contributed by atoms with Crippen molar-refractivity contribution in [2.24, 2.45) is 5.10 Å². The second kappa shape index (κ2) is 8.37. The molecule has 4 rings (SSSR count). The van der Waals surface area contributed by atoms with Crippen molar-refractivity contribution in [3.05, 3.63) is 46.5 Å². The lowest BCUT2D eigenvalue weighted by molar-refractivity contribution is -0.134. The van der Waals surface area contributed by atoms with Crippen molar-refractivity contribution in [1.29, 1.82) is 0 Å². The van der Waals surface area contributed by atoms with Crippen LogP contribution in [0.15, 0.2) is 45.4 Å². The van der Waals surface area contributed by atoms with Crippen LogP contribution in [-0.4, -0.2) is 54.4 Å². The number of amides is 1. The lowest BCUT2D eigenvalue weighted by atomic mass is 10.1. The van der Waals surface area contributed by atoms with Gasteiger partial charge in [0.25, 0.3) is 5.91 Å². The predicted molar refractivity (Wildman–Crippen MR) is 105 cm³/mol. The molecule has 2 aliphatic rings. The number of furan rings is 1. The molecule has 2 atom stereocenters. The summed E-state index contributed by atoms with van der Waals surface area (Å²) < 4.78 is 11.4. The van der Waals surface area contributed by atoms with E-state index in [1.165, 1.54) is 6.42 Å². The molecule has 0 spiro atoms. The Hall–Kier alpha value is -1.96. The molecule has 4 heterocycles. The smallest absolute Gasteiger partial charge is 0.257 e. The van der Waals surface area contributed by atoms with Crippen LogP contribution in [0.3, 0.4) is 0 Å². The molecule has 1 fully saturated rings. The van der Waals surface area contributed by atoms with E-state index in [1.807, 2.05) is 41.6 Å². The average Bonchev–Trinajstić information content (AvgIpc) is 3.41. The van der Waals surface area contributed by atoms with Crippen molar-refractivity contribution in [3.63, 3.8) is 0 Å². The first-order valence-corrected chi connectivity index (χ1v) is 10.4. The van der Waals surface area contributed by atoms with E-state index in [1.54, 1.807) is 22.6 Å². The highest BCUT2D eigenvalue weighted by molar-refractivity contribution is 7.12. The minimum atomic E-state index is -0.177. The number of ether oxygens (including phenoxy) is 1. The van der Waals surface area contributed by atoms with Crippen molar-refractivity contribution in [2.75, 3.05) is 26.7 Å². The fraction of sp³-hybridized carbons (Fsp3) is 0.500. The van der Waals surface area contributed by atoms with Crippen LogP contribution in [0.1, 0.15) is 42.4 Å². The maximum Gasteiger partial charge on any atom is 0.257 e. The minimum Gasteiger partial charge on any atom is -0.467 e. The Labute approximate surface area is 163 Å². The van der Waals surface area contributed by atoms with Crippen LogP contribution in [0.4, 0.5) is 0 Å². The topological polar surface area (TPSA) is 58.3 Å². The molecule has 1 saturated heterocycles. The molecule has 6 nitrogen and oxygen atoms in total. The van der Waals surface area contributed by atoms with Crippen molar-refractivity contribution in [1.82, 2.24) is 9.91 Å². The number of likely N-dealkylation sites (N-methyl/N-ethyl adjacent to an activating group) is 1. The van der Waals surface area contributed by atoms with Gasteiger partial charge in [-0.05, 0) is 49.9 Å². The molecular weight excluding hydrogens is 362 g/mol. The number of rotatable bonds is 6. The maximum atomic E-state index is 13.0. The highest BCUT2D eigenvalue weighted by atomic mass is 32.1. The zero-order valence-electron chi connectivity index (χ0n) is 15.5. The number of hydrazone groups is 1. The third-order valence-corrected chi connectivity index (χ3v) is 5.96. The number of carbonyl (C=O) groups is 1. The third kappa shape index (κ3) is 4.31. The van der Waals surface area contributed by atoms with Crippen molar-refractivity contribution in [3.8, 4) is 0 Å². The SMILES string of the molecule is CN(CC(=O)N1N=C(c2cccs2)CC1c1ccco1)CC1CCCCO1. The molecule has 1 amide bonds. The molecule has 2 aromatic rings. The molecule has 2 unspecified atom stereocenters. The molecule has 27 heavy (non-hydrogen) atoms. The maximum absolute atomic E-state index is 13.0. The summed E-state index contributed by atoms with van der Waals surface area (Å²) in [7, 11) is 1.97. The van der Waals surface area contributed by atoms with Crippen molar-refractivity contribution in [2.45, 2.75) is 37.8 Å². The Kier molecular flexibility index (Phi) is 5.71. The fourth-order valence-electron chi connectivity index (χ4n) is 3.70. The summed E-state index contributed by atoms with van der Waals surface area (Å²) in [6.45, 7) is 1.92. The summed E-state index contributed by atoms with van der Waals surface area (Å²) in [5.74, 6) is 0.762. The molecule has 0 saturated carbocycles. The molecule has 7 heteroatoms. The van der Waals surface area contributed by atoms with Crippen LogP contribution >= 0.6 is 11.3 Å². The first kappa shape index (κ1) is 18.4. The molecule has 144 valence electrons. The van der Waals surface area contributed by atoms with Gasteiger partial charge in [0, 0.05) is 19.6 Å². The Balaban J connectivity index is 1.45. The van der Waals surface area contributed by atoms with Gasteiger partial charge in [-0.15, -0.1) is 11.3 Å². The van der Waals surface area contributed by atoms with Gasteiger partial charge in [0.15, 0.2) is 0 Å². The second-order valence-electron chi connectivity index (χ2n) is 7.18. The summed E-state index contributed by atoms with van der Waals surface area (Å²) in [4.78, 5) is 16.2. The van der Waals surface area contributed by atoms with Crippen LogP contribution in [0, 0.1) is 0 Å². The molecule has 0 aliphatic carbocycles. The van der Waals surface area contributed by atoms with Gasteiger partial charge in [-0.1, -0.05) is 6.07 Å². The number of hydrogen-bond acceptors (Lipinski definition) is 6. The van der Waals surface area contributed by atoms with E-state index < -0.39 is 0 Å². The molecule has 0 radical (unpaired) electrons. The summed E-state index contributed by atoms with van der Waals surface area (Å²) in [6, 6.07) is 7.64. The van der Waals surface area contributed by atoms with E-state index in [2.05, 4.69) is 5.10 Å². The first-order chi connectivity index (χ1) is 13.2. The Morgan fingerprint density at radius 1 is 1.37 bits per heavy atom. The molecular formula is C20H25N3O3S. The largest absolute Gasteiger partial charge is 0.467 e. The van der Waals surface area contributed by atoms with Gasteiger partial charge in [0.1, 0.15) is 11.8 Å². The highest BCUT2D eigenvalue weighted by Crippen LogP contribution is 2.34. The Morgan fingerprint density at radius 3 is 3.00 bits per heavy atom. The molecule has 0 N–H and O–H groups in total. The zero-order chi connectivity index (χ0) is 18.6. The average molecular weight is 388 g/mol. The molecule has 0 aromatic carbocycles. The van der Waals surface area contributed by atoms with Gasteiger partial charge in [0.2, 0.25) is 0 Å². The van der Waals surface area contributed by atoms with Crippen molar-refractivity contribution >= 4 is 23.0 Å². The van der Waals surface area contributed by atoms with Crippen LogP contribution in [0.25, 0.3) is 0 Å². The normalized spacial score (nSPS) is 23.0. The summed E-state index contributed by atoms with van der Waals surface area (Å²) in [5.41, 5.74) is 0.943. The van der Waals surface area contributed by atoms with E-state index in [4.69, 9.17) is 9.15 Å². The van der Waals surface area contributed by atoms with Gasteiger partial charge in [-0.3, -0.25) is 9.69 Å². The third-order valence-electron chi connectivity index (χ3n) is 5.04. The fourth-order valence-corrected chi connectivity index (χ4v) is 4.42. The second-order valence-corrected chi connectivity index (χ2v) is 8.13. The molecule has 0 bridgehead atoms. The van der Waals surface area contributed by atoms with Gasteiger partial charge < -0.3 is 9.15 Å². The lowest BCUT2D eigenvalue weighted by Crippen LogP contribution is -2.40. The first-order valence-electron chi connectivity index (χ1n) is 9.47. The summed E-state index contributed by atoms with van der Waals surface area (Å²) >= 11 is 1.64. The number of hydrogen-bond donors (Lipinski definition) is 0. The monoisotopic (exact) mass is 387 g/mol.